The van der Waals surface area contributed by atoms with Crippen LogP contribution in [0, 0.1) is 5.92 Å². The summed E-state index contributed by atoms with van der Waals surface area (Å²) in [7, 11) is 0. The fourth-order valence-electron chi connectivity index (χ4n) is 2.15. The van der Waals surface area contributed by atoms with Crippen molar-refractivity contribution in [1.82, 2.24) is 0 Å². The van der Waals surface area contributed by atoms with E-state index < -0.39 is 6.36 Å². The van der Waals surface area contributed by atoms with Crippen molar-refractivity contribution in [3.63, 3.8) is 0 Å². The first-order chi connectivity index (χ1) is 9.32. The molecule has 0 fully saturated rings. The topological polar surface area (TPSA) is 38.3 Å². The van der Waals surface area contributed by atoms with Crippen LogP contribution in [0.15, 0.2) is 36.0 Å². The van der Waals surface area contributed by atoms with Crippen molar-refractivity contribution < 1.29 is 22.7 Å². The van der Waals surface area contributed by atoms with Crippen molar-refractivity contribution in [3.05, 3.63) is 36.0 Å². The predicted molar refractivity (Wildman–Crippen MR) is 68.2 cm³/mol. The molecule has 0 saturated heterocycles. The monoisotopic (exact) mass is 285 g/mol. The Morgan fingerprint density at radius 2 is 2.05 bits per heavy atom. The molecule has 1 aromatic rings. The summed E-state index contributed by atoms with van der Waals surface area (Å²) in [5.74, 6) is -0.0446. The molecule has 0 heterocycles. The van der Waals surface area contributed by atoms with Gasteiger partial charge in [-0.05, 0) is 24.5 Å². The third kappa shape index (κ3) is 4.29. The van der Waals surface area contributed by atoms with Gasteiger partial charge in [0.25, 0.3) is 0 Å². The van der Waals surface area contributed by atoms with Gasteiger partial charge in [0.15, 0.2) is 5.78 Å². The molecule has 0 radical (unpaired) electrons. The van der Waals surface area contributed by atoms with Crippen molar-refractivity contribution >= 4 is 11.5 Å². The second-order valence-corrected chi connectivity index (χ2v) is 4.85. The normalized spacial score (nSPS) is 19.5. The van der Waals surface area contributed by atoms with Gasteiger partial charge in [0.05, 0.1) is 0 Å². The maximum atomic E-state index is 12.1. The van der Waals surface area contributed by atoms with Crippen LogP contribution in [-0.4, -0.2) is 12.1 Å². The highest BCUT2D eigenvalue weighted by Crippen LogP contribution is 2.27. The fraction of sp³-hybridized carbons (Fsp3) is 0.357. The second kappa shape index (κ2) is 5.56. The van der Waals surface area contributed by atoms with Gasteiger partial charge in [-0.3, -0.25) is 4.79 Å². The first-order valence-electron chi connectivity index (χ1n) is 6.18. The maximum Gasteiger partial charge on any atom is 0.573 e. The van der Waals surface area contributed by atoms with Crippen LogP contribution in [0.2, 0.25) is 0 Å². The Hall–Kier alpha value is -1.98. The van der Waals surface area contributed by atoms with E-state index >= 15 is 0 Å². The molecule has 20 heavy (non-hydrogen) atoms. The third-order valence-corrected chi connectivity index (χ3v) is 2.83. The molecule has 0 aromatic heterocycles. The Labute approximate surface area is 114 Å². The lowest BCUT2D eigenvalue weighted by atomic mass is 9.93. The zero-order chi connectivity index (χ0) is 14.8. The lowest BCUT2D eigenvalue weighted by Crippen LogP contribution is -2.17. The van der Waals surface area contributed by atoms with Crippen LogP contribution in [0.3, 0.4) is 0 Å². The van der Waals surface area contributed by atoms with Crippen molar-refractivity contribution in [1.29, 1.82) is 0 Å². The quantitative estimate of drug-likeness (QED) is 0.916. The molecule has 1 unspecified atom stereocenters. The van der Waals surface area contributed by atoms with Crippen LogP contribution in [-0.2, 0) is 4.79 Å². The number of carbonyl (C=O) groups is 1. The first kappa shape index (κ1) is 14.4. The molecule has 2 rings (SSSR count). The number of rotatable bonds is 3. The Morgan fingerprint density at radius 3 is 2.70 bits per heavy atom. The van der Waals surface area contributed by atoms with Crippen molar-refractivity contribution in [2.45, 2.75) is 26.1 Å². The van der Waals surface area contributed by atoms with E-state index in [9.17, 15) is 18.0 Å². The summed E-state index contributed by atoms with van der Waals surface area (Å²) < 4.78 is 40.3. The summed E-state index contributed by atoms with van der Waals surface area (Å²) in [6.45, 7) is 1.95. The SMILES string of the molecule is CC1CC(=O)C=C(Nc2cccc(OC(F)(F)F)c2)C1. The van der Waals surface area contributed by atoms with Gasteiger partial charge >= 0.3 is 6.36 Å². The van der Waals surface area contributed by atoms with Crippen molar-refractivity contribution in [3.8, 4) is 5.75 Å². The zero-order valence-corrected chi connectivity index (χ0v) is 10.8. The Kier molecular flexibility index (Phi) is 4.01. The number of nitrogens with one attached hydrogen (secondary N) is 1. The summed E-state index contributed by atoms with van der Waals surface area (Å²) in [5, 5.41) is 2.96. The molecule has 1 N–H and O–H groups in total. The van der Waals surface area contributed by atoms with Crippen LogP contribution < -0.4 is 10.1 Å². The number of ketones is 1. The average Bonchev–Trinajstić information content (AvgIpc) is 2.25. The molecular formula is C14H14F3NO2. The second-order valence-electron chi connectivity index (χ2n) is 4.85. The van der Waals surface area contributed by atoms with Crippen LogP contribution >= 0.6 is 0 Å². The summed E-state index contributed by atoms with van der Waals surface area (Å²) in [6, 6.07) is 5.55. The number of halogens is 3. The Morgan fingerprint density at radius 1 is 1.30 bits per heavy atom. The summed E-state index contributed by atoms with van der Waals surface area (Å²) in [4.78, 5) is 11.4. The lowest BCUT2D eigenvalue weighted by molar-refractivity contribution is -0.274. The van der Waals surface area contributed by atoms with E-state index in [0.717, 1.165) is 0 Å². The van der Waals surface area contributed by atoms with Crippen molar-refractivity contribution in [2.75, 3.05) is 5.32 Å². The van der Waals surface area contributed by atoms with Crippen molar-refractivity contribution in [2.24, 2.45) is 5.92 Å². The molecule has 3 nitrogen and oxygen atoms in total. The number of ether oxygens (including phenoxy) is 1. The summed E-state index contributed by atoms with van der Waals surface area (Å²) >= 11 is 0. The van der Waals surface area contributed by atoms with E-state index in [2.05, 4.69) is 10.1 Å². The van der Waals surface area contributed by atoms with Crippen LogP contribution in [0.1, 0.15) is 19.8 Å². The van der Waals surface area contributed by atoms with E-state index in [4.69, 9.17) is 0 Å². The molecule has 0 bridgehead atoms. The van der Waals surface area contributed by atoms with Gasteiger partial charge in [-0.2, -0.15) is 0 Å². The average molecular weight is 285 g/mol. The number of anilines is 1. The molecule has 0 saturated carbocycles. The number of allylic oxidation sites excluding steroid dienone is 2. The van der Waals surface area contributed by atoms with Crippen LogP contribution in [0.25, 0.3) is 0 Å². The molecule has 108 valence electrons. The molecule has 1 aliphatic carbocycles. The molecule has 6 heteroatoms. The van der Waals surface area contributed by atoms with Crippen LogP contribution in [0.4, 0.5) is 18.9 Å². The van der Waals surface area contributed by atoms with Gasteiger partial charge in [0.2, 0.25) is 0 Å². The minimum atomic E-state index is -4.72. The van der Waals surface area contributed by atoms with Gasteiger partial charge in [-0.1, -0.05) is 13.0 Å². The number of hydrogen-bond acceptors (Lipinski definition) is 3. The van der Waals surface area contributed by atoms with Gasteiger partial charge in [0, 0.05) is 29.9 Å². The van der Waals surface area contributed by atoms with E-state index in [1.54, 1.807) is 6.07 Å². The summed E-state index contributed by atoms with van der Waals surface area (Å²) in [6.07, 6.45) is -2.02. The molecule has 0 amide bonds. The highest BCUT2D eigenvalue weighted by Gasteiger charge is 2.31. The van der Waals surface area contributed by atoms with Gasteiger partial charge in [-0.15, -0.1) is 13.2 Å². The highest BCUT2D eigenvalue weighted by molar-refractivity contribution is 5.92. The van der Waals surface area contributed by atoms with Gasteiger partial charge < -0.3 is 10.1 Å². The zero-order valence-electron chi connectivity index (χ0n) is 10.8. The summed E-state index contributed by atoms with van der Waals surface area (Å²) in [5.41, 5.74) is 1.16. The largest absolute Gasteiger partial charge is 0.573 e. The van der Waals surface area contributed by atoms with E-state index in [0.29, 0.717) is 24.2 Å². The van der Waals surface area contributed by atoms with E-state index in [1.807, 2.05) is 6.92 Å². The molecule has 0 spiro atoms. The smallest absolute Gasteiger partial charge is 0.406 e. The number of benzene rings is 1. The molecular weight excluding hydrogens is 271 g/mol. The molecule has 1 atom stereocenters. The Bertz CT molecular complexity index is 537. The molecule has 0 aliphatic heterocycles. The molecule has 1 aliphatic rings. The van der Waals surface area contributed by atoms with Crippen LogP contribution in [0.5, 0.6) is 5.75 Å². The maximum absolute atomic E-state index is 12.1. The van der Waals surface area contributed by atoms with E-state index in [-0.39, 0.29) is 17.5 Å². The molecule has 1 aromatic carbocycles. The number of carbonyl (C=O) groups excluding carboxylic acids is 1. The number of hydrogen-bond donors (Lipinski definition) is 1. The minimum absolute atomic E-state index is 0.0222. The lowest BCUT2D eigenvalue weighted by Gasteiger charge is -2.20. The van der Waals surface area contributed by atoms with E-state index in [1.165, 1.54) is 24.3 Å². The van der Waals surface area contributed by atoms with Gasteiger partial charge in [0.1, 0.15) is 5.75 Å². The predicted octanol–water partition coefficient (Wildman–Crippen LogP) is 3.88. The Balaban J connectivity index is 2.10. The highest BCUT2D eigenvalue weighted by atomic mass is 19.4. The first-order valence-corrected chi connectivity index (χ1v) is 6.18. The fourth-order valence-corrected chi connectivity index (χ4v) is 2.15. The number of alkyl halides is 3. The standard InChI is InChI=1S/C14H14F3NO2/c1-9-5-11(7-12(19)6-9)18-10-3-2-4-13(8-10)20-14(15,16)17/h2-4,7-9,18H,5-6H2,1H3. The van der Waals surface area contributed by atoms with Gasteiger partial charge in [-0.25, -0.2) is 0 Å². The third-order valence-electron chi connectivity index (χ3n) is 2.83. The minimum Gasteiger partial charge on any atom is -0.406 e.